The van der Waals surface area contributed by atoms with E-state index < -0.39 is 15.8 Å². The monoisotopic (exact) mass is 812 g/mol. The Labute approximate surface area is 307 Å². The number of thiocarbonyl (C=S) groups is 1. The molecular formula is C39H50Cl2N2P2RuS+4. The van der Waals surface area contributed by atoms with Crippen molar-refractivity contribution in [1.82, 2.24) is 0 Å². The minimum absolute atomic E-state index is 0.163. The topological polar surface area (TPSA) is 52.0 Å². The molecule has 0 aliphatic heterocycles. The van der Waals surface area contributed by atoms with E-state index in [1.165, 1.54) is 67.4 Å². The average Bonchev–Trinajstić information content (AvgIpc) is 3.11. The first kappa shape index (κ1) is 38.8. The molecule has 0 radical (unpaired) electrons. The van der Waals surface area contributed by atoms with E-state index in [0.29, 0.717) is 0 Å². The first-order valence-corrected chi connectivity index (χ1v) is 26.5. The number of hydrogen-bond donors (Lipinski definition) is 2. The average molecular weight is 813 g/mol. The molecule has 2 unspecified atom stereocenters. The molecule has 2 nitrogen and oxygen atoms in total. The van der Waals surface area contributed by atoms with Gasteiger partial charge in [-0.25, -0.2) is 0 Å². The molecule has 0 amide bonds. The van der Waals surface area contributed by atoms with Crippen LogP contribution in [0.3, 0.4) is 0 Å². The van der Waals surface area contributed by atoms with Crippen LogP contribution >= 0.6 is 47.4 Å². The molecule has 250 valence electrons. The maximum atomic E-state index is 6.40. The summed E-state index contributed by atoms with van der Waals surface area (Å²) in [6, 6.07) is 29.3. The second-order valence-corrected chi connectivity index (χ2v) is 21.0. The van der Waals surface area contributed by atoms with Crippen molar-refractivity contribution >= 4 is 62.9 Å². The Hall–Kier alpha value is -1.05. The van der Waals surface area contributed by atoms with Crippen LogP contribution in [-0.2, 0) is 40.8 Å². The van der Waals surface area contributed by atoms with Gasteiger partial charge in [-0.05, 0) is 96.9 Å². The standard InChI is InChI=1S/C25H32P2S.C14H16N2.2ClH.Ru/c1-26(2)21-15-13-17-9-5-7-11-19(17)23(21)25(28)24-20-12-8-6-10-18(20)14-16-22(24)27(3)4;15-13(11-7-3-1-4-8-11)14(16)12-9-5-2-6-10-12;;;/h13-16H,5-12H2,1-4H3;1-10,13-14H,15-16H2;2*1H;/q;;;;+4. The van der Waals surface area contributed by atoms with Gasteiger partial charge in [0.2, 0.25) is 0 Å². The number of rotatable bonds is 7. The number of halogens is 2. The quantitative estimate of drug-likeness (QED) is 0.0848. The van der Waals surface area contributed by atoms with Crippen LogP contribution in [0, 0.1) is 0 Å². The van der Waals surface area contributed by atoms with E-state index in [9.17, 15) is 0 Å². The van der Waals surface area contributed by atoms with Crippen LogP contribution in [0.15, 0.2) is 84.9 Å². The van der Waals surface area contributed by atoms with Crippen molar-refractivity contribution in [3.05, 3.63) is 129 Å². The van der Waals surface area contributed by atoms with Crippen LogP contribution in [0.2, 0.25) is 0 Å². The Morgan fingerprint density at radius 3 is 1.28 bits per heavy atom. The summed E-state index contributed by atoms with van der Waals surface area (Å²) in [4.78, 5) is 1.19. The number of aryl methyl sites for hydroxylation is 2. The fourth-order valence-electron chi connectivity index (χ4n) is 6.90. The van der Waals surface area contributed by atoms with Gasteiger partial charge in [0.1, 0.15) is 0 Å². The molecule has 4 aromatic rings. The summed E-state index contributed by atoms with van der Waals surface area (Å²) in [7, 11) is 8.59. The van der Waals surface area contributed by atoms with Crippen molar-refractivity contribution in [2.24, 2.45) is 11.5 Å². The van der Waals surface area contributed by atoms with E-state index in [1.807, 2.05) is 60.7 Å². The zero-order valence-corrected chi connectivity index (χ0v) is 34.1. The number of benzene rings is 4. The summed E-state index contributed by atoms with van der Waals surface area (Å²) in [6.45, 7) is 9.71. The number of hydrogen-bond acceptors (Lipinski definition) is 3. The second-order valence-electron chi connectivity index (χ2n) is 12.9. The van der Waals surface area contributed by atoms with Gasteiger partial charge in [0.15, 0.2) is 0 Å². The van der Waals surface area contributed by atoms with Gasteiger partial charge in [-0.15, -0.1) is 0 Å². The third-order valence-electron chi connectivity index (χ3n) is 9.35. The SMILES string of the molecule is C[PH+](C)c1ccc2c(c1C(=S)c1c([PH+](C)C)ccc3c1CCCC3)CCCC2.NC(c1ccccc1)C(N)c1ccccc1.[Cl][Ru+2][Cl]. The van der Waals surface area contributed by atoms with Gasteiger partial charge < -0.3 is 11.5 Å². The van der Waals surface area contributed by atoms with E-state index in [4.69, 9.17) is 43.1 Å². The van der Waals surface area contributed by atoms with Crippen LogP contribution in [0.25, 0.3) is 0 Å². The first-order valence-electron chi connectivity index (χ1n) is 16.6. The van der Waals surface area contributed by atoms with Crippen LogP contribution in [-0.4, -0.2) is 31.5 Å². The van der Waals surface area contributed by atoms with Crippen LogP contribution in [0.5, 0.6) is 0 Å². The van der Waals surface area contributed by atoms with E-state index in [1.54, 1.807) is 32.9 Å². The van der Waals surface area contributed by atoms with Crippen LogP contribution in [0.1, 0.15) is 82.3 Å². The minimum atomic E-state index is -0.558. The summed E-state index contributed by atoms with van der Waals surface area (Å²) in [5, 5.41) is 3.13. The molecule has 0 saturated carbocycles. The third-order valence-corrected chi connectivity index (χ3v) is 12.7. The third kappa shape index (κ3) is 10.0. The normalized spacial score (nSPS) is 14.9. The molecule has 0 fully saturated rings. The van der Waals surface area contributed by atoms with Gasteiger partial charge >= 0.3 is 34.5 Å². The molecule has 8 heteroatoms. The van der Waals surface area contributed by atoms with Crippen LogP contribution < -0.4 is 22.1 Å². The van der Waals surface area contributed by atoms with Gasteiger partial charge in [0, 0.05) is 39.1 Å². The Morgan fingerprint density at radius 2 is 0.936 bits per heavy atom. The molecule has 47 heavy (non-hydrogen) atoms. The summed E-state index contributed by atoms with van der Waals surface area (Å²) < 4.78 is 0. The molecule has 4 aromatic carbocycles. The van der Waals surface area contributed by atoms with E-state index in [2.05, 4.69) is 50.9 Å². The molecule has 0 heterocycles. The molecule has 2 aliphatic carbocycles. The summed E-state index contributed by atoms with van der Waals surface area (Å²) in [5.74, 6) is 0. The van der Waals surface area contributed by atoms with E-state index in [-0.39, 0.29) is 27.2 Å². The van der Waals surface area contributed by atoms with Gasteiger partial charge in [0.25, 0.3) is 0 Å². The Balaban J connectivity index is 0.000000223. The Bertz CT molecular complexity index is 1490. The maximum absolute atomic E-state index is 6.40. The zero-order chi connectivity index (χ0) is 33.9. The Morgan fingerprint density at radius 1 is 0.596 bits per heavy atom. The number of fused-ring (bicyclic) bond motifs is 2. The molecule has 4 N–H and O–H groups in total. The molecule has 0 bridgehead atoms. The predicted molar refractivity (Wildman–Crippen MR) is 215 cm³/mol. The summed E-state index contributed by atoms with van der Waals surface area (Å²) in [6.07, 6.45) is 10.2. The zero-order valence-electron chi connectivity index (χ0n) is 28.1. The first-order chi connectivity index (χ1) is 22.7. The molecule has 0 spiro atoms. The van der Waals surface area contributed by atoms with E-state index >= 15 is 0 Å². The van der Waals surface area contributed by atoms with E-state index in [0.717, 1.165) is 11.1 Å². The number of nitrogens with two attached hydrogens (primary N) is 2. The van der Waals surface area contributed by atoms with Crippen molar-refractivity contribution in [3.63, 3.8) is 0 Å². The molecule has 2 atom stereocenters. The molecular weight excluding hydrogens is 762 g/mol. The molecule has 6 rings (SSSR count). The van der Waals surface area contributed by atoms with Gasteiger partial charge in [-0.3, -0.25) is 0 Å². The Kier molecular flexibility index (Phi) is 16.0. The van der Waals surface area contributed by atoms with Crippen molar-refractivity contribution in [2.75, 3.05) is 26.7 Å². The predicted octanol–water partition coefficient (Wildman–Crippen LogP) is 9.17. The van der Waals surface area contributed by atoms with Crippen molar-refractivity contribution < 1.29 is 15.1 Å². The van der Waals surface area contributed by atoms with Crippen molar-refractivity contribution in [3.8, 4) is 0 Å². The molecule has 2 aliphatic rings. The second kappa shape index (κ2) is 19.4. The molecule has 0 aromatic heterocycles. The van der Waals surface area contributed by atoms with Crippen molar-refractivity contribution in [2.45, 2.75) is 63.5 Å². The van der Waals surface area contributed by atoms with Gasteiger partial charge in [0.05, 0.1) is 42.1 Å². The van der Waals surface area contributed by atoms with Crippen molar-refractivity contribution in [1.29, 1.82) is 0 Å². The fraction of sp³-hybridized carbons (Fsp3) is 0.359. The summed E-state index contributed by atoms with van der Waals surface area (Å²) >= 11 is 6.06. The summed E-state index contributed by atoms with van der Waals surface area (Å²) in [5.41, 5.74) is 23.7. The van der Waals surface area contributed by atoms with Crippen LogP contribution in [0.4, 0.5) is 0 Å². The fourth-order valence-corrected chi connectivity index (χ4v) is 9.93. The molecule has 0 saturated heterocycles. The van der Waals surface area contributed by atoms with Gasteiger partial charge in [-0.2, -0.15) is 0 Å². The van der Waals surface area contributed by atoms with Gasteiger partial charge in [-0.1, -0.05) is 85.0 Å².